The highest BCUT2D eigenvalue weighted by Crippen LogP contribution is 2.08. The van der Waals surface area contributed by atoms with E-state index in [4.69, 9.17) is 18.0 Å². The summed E-state index contributed by atoms with van der Waals surface area (Å²) in [5, 5.41) is 4.74. The zero-order valence-corrected chi connectivity index (χ0v) is 11.9. The van der Waals surface area contributed by atoms with Gasteiger partial charge in [0.1, 0.15) is 5.69 Å². The summed E-state index contributed by atoms with van der Waals surface area (Å²) in [5.74, 6) is 0.350. The van der Waals surface area contributed by atoms with E-state index in [0.29, 0.717) is 16.6 Å². The maximum Gasteiger partial charge on any atom is 0.189 e. The van der Waals surface area contributed by atoms with Crippen LogP contribution in [0.15, 0.2) is 23.3 Å². The van der Waals surface area contributed by atoms with E-state index in [2.05, 4.69) is 20.4 Å². The van der Waals surface area contributed by atoms with E-state index in [1.54, 1.807) is 0 Å². The summed E-state index contributed by atoms with van der Waals surface area (Å²) in [6, 6.07) is 5.66. The van der Waals surface area contributed by atoms with Gasteiger partial charge in [-0.15, -0.1) is 0 Å². The number of pyridine rings is 1. The van der Waals surface area contributed by atoms with Gasteiger partial charge >= 0.3 is 0 Å². The third-order valence-corrected chi connectivity index (χ3v) is 3.42. The second kappa shape index (κ2) is 6.47. The van der Waals surface area contributed by atoms with Crippen LogP contribution in [0, 0.1) is 6.92 Å². The van der Waals surface area contributed by atoms with Gasteiger partial charge in [0, 0.05) is 18.8 Å². The first kappa shape index (κ1) is 13.7. The lowest BCUT2D eigenvalue weighted by Gasteiger charge is -2.28. The van der Waals surface area contributed by atoms with E-state index in [1.165, 1.54) is 19.3 Å². The molecule has 3 N–H and O–H groups in total. The van der Waals surface area contributed by atoms with Crippen LogP contribution in [-0.2, 0) is 0 Å². The topological polar surface area (TPSA) is 66.5 Å². The molecule has 2 heterocycles. The molecule has 1 fully saturated rings. The fourth-order valence-corrected chi connectivity index (χ4v) is 2.25. The molecule has 1 aliphatic rings. The molecule has 6 heteroatoms. The number of nitrogens with two attached hydrogens (primary N) is 1. The van der Waals surface area contributed by atoms with Crippen molar-refractivity contribution in [1.82, 2.24) is 15.3 Å². The van der Waals surface area contributed by atoms with Crippen LogP contribution < -0.4 is 11.2 Å². The molecule has 0 aliphatic carbocycles. The van der Waals surface area contributed by atoms with Gasteiger partial charge in [-0.05, 0) is 50.5 Å². The van der Waals surface area contributed by atoms with Crippen LogP contribution in [0.4, 0.5) is 0 Å². The Morgan fingerprint density at radius 3 is 2.79 bits per heavy atom. The summed E-state index contributed by atoms with van der Waals surface area (Å²) in [6.07, 6.45) is 3.64. The molecule has 0 radical (unpaired) electrons. The molecular weight excluding hydrogens is 258 g/mol. The number of hydrogen-bond acceptors (Lipinski definition) is 3. The highest BCUT2D eigenvalue weighted by Gasteiger charge is 2.12. The van der Waals surface area contributed by atoms with Gasteiger partial charge in [0.2, 0.25) is 0 Å². The quantitative estimate of drug-likeness (QED) is 0.370. The van der Waals surface area contributed by atoms with Crippen molar-refractivity contribution in [1.29, 1.82) is 0 Å². The molecule has 0 atom stereocenters. The van der Waals surface area contributed by atoms with Crippen molar-refractivity contribution in [2.75, 3.05) is 13.1 Å². The van der Waals surface area contributed by atoms with Crippen LogP contribution in [0.1, 0.15) is 30.7 Å². The van der Waals surface area contributed by atoms with Gasteiger partial charge in [0.25, 0.3) is 0 Å². The minimum atomic E-state index is 0.350. The maximum atomic E-state index is 5.89. The van der Waals surface area contributed by atoms with Crippen molar-refractivity contribution in [2.45, 2.75) is 26.2 Å². The average Bonchev–Trinajstić information content (AvgIpc) is 2.45. The van der Waals surface area contributed by atoms with Crippen LogP contribution in [-0.4, -0.2) is 33.9 Å². The minimum absolute atomic E-state index is 0.350. The first-order chi connectivity index (χ1) is 9.16. The molecule has 102 valence electrons. The number of nitrogens with one attached hydrogen (secondary N) is 1. The van der Waals surface area contributed by atoms with Crippen molar-refractivity contribution in [3.05, 3.63) is 29.6 Å². The number of piperidine rings is 1. The Morgan fingerprint density at radius 2 is 2.11 bits per heavy atom. The first-order valence-electron chi connectivity index (χ1n) is 6.49. The Hall–Kier alpha value is -1.69. The molecule has 1 aliphatic heterocycles. The number of rotatable bonds is 2. The zero-order chi connectivity index (χ0) is 13.7. The Bertz CT molecular complexity index is 480. The van der Waals surface area contributed by atoms with Gasteiger partial charge in [0.05, 0.1) is 0 Å². The number of amidine groups is 1. The Labute approximate surface area is 118 Å². The fourth-order valence-electron chi connectivity index (χ4n) is 2.02. The normalized spacial score (nSPS) is 16.3. The molecule has 2 rings (SSSR count). The number of hydrazone groups is 1. The van der Waals surface area contributed by atoms with Gasteiger partial charge < -0.3 is 10.6 Å². The van der Waals surface area contributed by atoms with Crippen LogP contribution in [0.2, 0.25) is 0 Å². The predicted molar refractivity (Wildman–Crippen MR) is 80.9 cm³/mol. The molecule has 0 aromatic carbocycles. The Morgan fingerprint density at radius 1 is 1.37 bits per heavy atom. The minimum Gasteiger partial charge on any atom is -0.380 e. The second-order valence-corrected chi connectivity index (χ2v) is 5.01. The fraction of sp³-hybridized carbons (Fsp3) is 0.462. The largest absolute Gasteiger partial charge is 0.380 e. The number of thiocarbonyl (C=S) groups is 1. The molecule has 0 spiro atoms. The van der Waals surface area contributed by atoms with Crippen molar-refractivity contribution in [2.24, 2.45) is 10.8 Å². The van der Waals surface area contributed by atoms with Crippen molar-refractivity contribution in [3.8, 4) is 0 Å². The standard InChI is InChI=1S/C13H19N5S/c1-10-6-5-7-11(15-10)12(14)16-17-13(19)18-8-3-2-4-9-18/h5-7H,2-4,8-9H2,1H3,(H2,14,16)(H,17,19). The smallest absolute Gasteiger partial charge is 0.189 e. The molecule has 0 bridgehead atoms. The number of nitrogens with zero attached hydrogens (tertiary/aromatic N) is 3. The van der Waals surface area contributed by atoms with Gasteiger partial charge in [-0.25, -0.2) is 4.98 Å². The van der Waals surface area contributed by atoms with Crippen LogP contribution >= 0.6 is 12.2 Å². The van der Waals surface area contributed by atoms with E-state index < -0.39 is 0 Å². The molecular formula is C13H19N5S. The summed E-state index contributed by atoms with van der Waals surface area (Å²) in [7, 11) is 0. The van der Waals surface area contributed by atoms with E-state index in [-0.39, 0.29) is 0 Å². The van der Waals surface area contributed by atoms with Crippen molar-refractivity contribution < 1.29 is 0 Å². The monoisotopic (exact) mass is 277 g/mol. The van der Waals surface area contributed by atoms with Gasteiger partial charge in [-0.3, -0.25) is 5.43 Å². The third kappa shape index (κ3) is 3.89. The summed E-state index contributed by atoms with van der Waals surface area (Å²) >= 11 is 5.30. The number of aryl methyl sites for hydroxylation is 1. The van der Waals surface area contributed by atoms with Crippen molar-refractivity contribution in [3.63, 3.8) is 0 Å². The molecule has 0 amide bonds. The lowest BCUT2D eigenvalue weighted by atomic mass is 10.1. The highest BCUT2D eigenvalue weighted by atomic mass is 32.1. The van der Waals surface area contributed by atoms with Crippen molar-refractivity contribution >= 4 is 23.2 Å². The lowest BCUT2D eigenvalue weighted by Crippen LogP contribution is -2.41. The van der Waals surface area contributed by atoms with Crippen LogP contribution in [0.5, 0.6) is 0 Å². The Kier molecular flexibility index (Phi) is 4.68. The predicted octanol–water partition coefficient (Wildman–Crippen LogP) is 1.37. The lowest BCUT2D eigenvalue weighted by molar-refractivity contribution is 0.338. The SMILES string of the molecule is Cc1cccc(/C(N)=N/NC(=S)N2CCCCC2)n1. The second-order valence-electron chi connectivity index (χ2n) is 4.63. The van der Waals surface area contributed by atoms with Gasteiger partial charge in [0.15, 0.2) is 10.9 Å². The van der Waals surface area contributed by atoms with Gasteiger partial charge in [-0.2, -0.15) is 5.10 Å². The number of aromatic nitrogens is 1. The summed E-state index contributed by atoms with van der Waals surface area (Å²) in [5.41, 5.74) is 10.3. The van der Waals surface area contributed by atoms with Crippen LogP contribution in [0.25, 0.3) is 0 Å². The van der Waals surface area contributed by atoms with E-state index >= 15 is 0 Å². The highest BCUT2D eigenvalue weighted by molar-refractivity contribution is 7.80. The third-order valence-electron chi connectivity index (χ3n) is 3.07. The van der Waals surface area contributed by atoms with Crippen LogP contribution in [0.3, 0.4) is 0 Å². The average molecular weight is 277 g/mol. The first-order valence-corrected chi connectivity index (χ1v) is 6.90. The molecule has 1 aromatic rings. The Balaban J connectivity index is 1.95. The zero-order valence-electron chi connectivity index (χ0n) is 11.1. The molecule has 1 saturated heterocycles. The molecule has 5 nitrogen and oxygen atoms in total. The van der Waals surface area contributed by atoms with E-state index in [0.717, 1.165) is 18.8 Å². The van der Waals surface area contributed by atoms with Gasteiger partial charge in [-0.1, -0.05) is 6.07 Å². The molecule has 1 aromatic heterocycles. The summed E-state index contributed by atoms with van der Waals surface area (Å²) < 4.78 is 0. The number of hydrogen-bond donors (Lipinski definition) is 2. The summed E-state index contributed by atoms with van der Waals surface area (Å²) in [6.45, 7) is 3.90. The molecule has 19 heavy (non-hydrogen) atoms. The molecule has 0 saturated carbocycles. The maximum absolute atomic E-state index is 5.89. The number of likely N-dealkylation sites (tertiary alicyclic amines) is 1. The van der Waals surface area contributed by atoms with E-state index in [9.17, 15) is 0 Å². The summed E-state index contributed by atoms with van der Waals surface area (Å²) in [4.78, 5) is 6.44. The van der Waals surface area contributed by atoms with E-state index in [1.807, 2.05) is 25.1 Å². The molecule has 0 unspecified atom stereocenters.